The molecule has 6 nitrogen and oxygen atoms in total. The summed E-state index contributed by atoms with van der Waals surface area (Å²) in [6, 6.07) is 26.5. The van der Waals surface area contributed by atoms with Crippen molar-refractivity contribution < 1.29 is 0 Å². The fraction of sp³-hybridized carbons (Fsp3) is 0.273. The minimum atomic E-state index is -1.16. The molecule has 4 heterocycles. The van der Waals surface area contributed by atoms with Crippen LogP contribution in [-0.2, 0) is 0 Å². The Morgan fingerprint density at radius 3 is 2.27 bits per heavy atom. The summed E-state index contributed by atoms with van der Waals surface area (Å²) in [7, 11) is -1.16. The SMILES string of the molecule is C[Si]1(C)CN[C@H](c2nc3ccc4cc(-c5ccc6cc(-c7cnc([C@@H]8CCCN8)[nH]7)ccc6c5)ccc4c3[nH]2)C1. The van der Waals surface area contributed by atoms with E-state index >= 15 is 0 Å². The lowest BCUT2D eigenvalue weighted by atomic mass is 9.97. The molecule has 7 heteroatoms. The van der Waals surface area contributed by atoms with E-state index in [0.29, 0.717) is 12.1 Å². The largest absolute Gasteiger partial charge is 0.341 e. The summed E-state index contributed by atoms with van der Waals surface area (Å²) in [4.78, 5) is 16.8. The van der Waals surface area contributed by atoms with Gasteiger partial charge in [-0.15, -0.1) is 0 Å². The van der Waals surface area contributed by atoms with Crippen molar-refractivity contribution in [3.05, 3.63) is 84.6 Å². The molecule has 40 heavy (non-hydrogen) atoms. The van der Waals surface area contributed by atoms with E-state index in [1.807, 2.05) is 6.20 Å². The second kappa shape index (κ2) is 9.13. The van der Waals surface area contributed by atoms with Gasteiger partial charge < -0.3 is 20.6 Å². The van der Waals surface area contributed by atoms with Crippen LogP contribution < -0.4 is 10.6 Å². The van der Waals surface area contributed by atoms with Crippen molar-refractivity contribution in [3.63, 3.8) is 0 Å². The van der Waals surface area contributed by atoms with E-state index < -0.39 is 8.07 Å². The molecule has 2 fully saturated rings. The number of nitrogens with one attached hydrogen (secondary N) is 4. The zero-order valence-corrected chi connectivity index (χ0v) is 24.0. The van der Waals surface area contributed by atoms with Crippen LogP contribution in [0.3, 0.4) is 0 Å². The Balaban J connectivity index is 1.09. The number of aromatic amines is 2. The molecule has 8 rings (SSSR count). The van der Waals surface area contributed by atoms with Crippen LogP contribution in [0.4, 0.5) is 0 Å². The number of hydrogen-bond donors (Lipinski definition) is 4. The summed E-state index contributed by atoms with van der Waals surface area (Å²) >= 11 is 0. The highest BCUT2D eigenvalue weighted by atomic mass is 28.3. The van der Waals surface area contributed by atoms with E-state index in [-0.39, 0.29) is 0 Å². The Hall–Kier alpha value is -3.78. The van der Waals surface area contributed by atoms with Gasteiger partial charge in [0.2, 0.25) is 0 Å². The molecule has 0 bridgehead atoms. The molecule has 4 aromatic carbocycles. The minimum absolute atomic E-state index is 0.348. The van der Waals surface area contributed by atoms with E-state index in [0.717, 1.165) is 47.5 Å². The highest BCUT2D eigenvalue weighted by Gasteiger charge is 2.34. The lowest BCUT2D eigenvalue weighted by Crippen LogP contribution is -2.28. The molecule has 2 aliphatic rings. The molecule has 2 saturated heterocycles. The van der Waals surface area contributed by atoms with Crippen LogP contribution in [0.2, 0.25) is 19.1 Å². The normalized spacial score (nSPS) is 20.8. The molecule has 0 spiro atoms. The smallest absolute Gasteiger partial charge is 0.124 e. The molecule has 0 saturated carbocycles. The summed E-state index contributed by atoms with van der Waals surface area (Å²) in [6.45, 7) is 5.98. The van der Waals surface area contributed by atoms with Gasteiger partial charge in [0.1, 0.15) is 11.6 Å². The predicted octanol–water partition coefficient (Wildman–Crippen LogP) is 7.24. The molecule has 0 radical (unpaired) electrons. The van der Waals surface area contributed by atoms with Crippen LogP contribution in [0.15, 0.2) is 72.9 Å². The van der Waals surface area contributed by atoms with E-state index in [9.17, 15) is 0 Å². The number of nitrogens with zero attached hydrogens (tertiary/aromatic N) is 2. The maximum Gasteiger partial charge on any atom is 0.124 e. The Morgan fingerprint density at radius 2 is 1.50 bits per heavy atom. The van der Waals surface area contributed by atoms with Gasteiger partial charge in [0.05, 0.1) is 43.1 Å². The van der Waals surface area contributed by atoms with E-state index in [1.54, 1.807) is 0 Å². The van der Waals surface area contributed by atoms with Gasteiger partial charge >= 0.3 is 0 Å². The third-order valence-corrected chi connectivity index (χ3v) is 11.6. The summed E-state index contributed by atoms with van der Waals surface area (Å²) in [5.74, 6) is 2.13. The highest BCUT2D eigenvalue weighted by Crippen LogP contribution is 2.34. The third-order valence-electron chi connectivity index (χ3n) is 8.88. The quantitative estimate of drug-likeness (QED) is 0.177. The third kappa shape index (κ3) is 4.16. The van der Waals surface area contributed by atoms with Crippen molar-refractivity contribution in [2.45, 2.75) is 44.1 Å². The molecule has 0 aliphatic carbocycles. The van der Waals surface area contributed by atoms with Gasteiger partial charge in [-0.2, -0.15) is 0 Å². The number of aromatic nitrogens is 4. The fourth-order valence-electron chi connectivity index (χ4n) is 6.63. The van der Waals surface area contributed by atoms with Gasteiger partial charge in [-0.05, 0) is 83.1 Å². The summed E-state index contributed by atoms with van der Waals surface area (Å²) in [5, 5.41) is 12.2. The zero-order valence-electron chi connectivity index (χ0n) is 23.0. The van der Waals surface area contributed by atoms with Gasteiger partial charge in [0.25, 0.3) is 0 Å². The van der Waals surface area contributed by atoms with Crippen molar-refractivity contribution in [1.82, 2.24) is 30.6 Å². The first kappa shape index (κ1) is 24.0. The minimum Gasteiger partial charge on any atom is -0.341 e. The molecular weight excluding hydrogens is 508 g/mol. The van der Waals surface area contributed by atoms with Crippen LogP contribution in [-0.4, -0.2) is 40.7 Å². The first-order chi connectivity index (χ1) is 19.5. The maximum absolute atomic E-state index is 4.97. The van der Waals surface area contributed by atoms with Gasteiger partial charge in [-0.3, -0.25) is 0 Å². The van der Waals surface area contributed by atoms with Crippen molar-refractivity contribution in [3.8, 4) is 22.4 Å². The first-order valence-corrected chi connectivity index (χ1v) is 17.9. The molecule has 0 unspecified atom stereocenters. The van der Waals surface area contributed by atoms with Crippen molar-refractivity contribution in [2.24, 2.45) is 0 Å². The summed E-state index contributed by atoms with van der Waals surface area (Å²) in [5.41, 5.74) is 6.89. The number of hydrogen-bond acceptors (Lipinski definition) is 4. The van der Waals surface area contributed by atoms with Crippen LogP contribution >= 0.6 is 0 Å². The lowest BCUT2D eigenvalue weighted by molar-refractivity contribution is 0.613. The number of benzene rings is 4. The number of rotatable bonds is 4. The zero-order chi connectivity index (χ0) is 26.8. The van der Waals surface area contributed by atoms with Crippen molar-refractivity contribution >= 4 is 40.7 Å². The Labute approximate surface area is 234 Å². The predicted molar refractivity (Wildman–Crippen MR) is 167 cm³/mol. The topological polar surface area (TPSA) is 81.4 Å². The van der Waals surface area contributed by atoms with Gasteiger partial charge in [-0.1, -0.05) is 55.6 Å². The van der Waals surface area contributed by atoms with Gasteiger partial charge in [0.15, 0.2) is 0 Å². The molecule has 2 atom stereocenters. The first-order valence-electron chi connectivity index (χ1n) is 14.5. The molecule has 200 valence electrons. The molecule has 2 aromatic heterocycles. The Bertz CT molecular complexity index is 1890. The van der Waals surface area contributed by atoms with Crippen LogP contribution in [0.5, 0.6) is 0 Å². The highest BCUT2D eigenvalue weighted by molar-refractivity contribution is 6.78. The average Bonchev–Trinajstić information content (AvgIpc) is 3.78. The number of fused-ring (bicyclic) bond motifs is 4. The standard InChI is InChI=1S/C33H34N6Si/c1-40(2)18-30(36-19-40)33-37-27-12-10-24-15-23(9-11-26(24)31(27)39-33)20-5-6-22-16-25(8-7-21(22)14-20)29-17-35-32(38-29)28-4-3-13-34-28/h5-12,14-17,28,30,34,36H,3-4,13,18-19H2,1-2H3,(H,35,38)(H,37,39)/t28-,30-/m0/s1. The van der Waals surface area contributed by atoms with Crippen molar-refractivity contribution in [1.29, 1.82) is 0 Å². The van der Waals surface area contributed by atoms with Crippen LogP contribution in [0, 0.1) is 0 Å². The average molecular weight is 543 g/mol. The van der Waals surface area contributed by atoms with Crippen LogP contribution in [0.25, 0.3) is 55.0 Å². The van der Waals surface area contributed by atoms with E-state index in [2.05, 4.69) is 105 Å². The van der Waals surface area contributed by atoms with E-state index in [1.165, 1.54) is 50.7 Å². The fourth-order valence-corrected chi connectivity index (χ4v) is 9.02. The number of H-pyrrole nitrogens is 2. The number of imidazole rings is 2. The molecule has 4 N–H and O–H groups in total. The Kier molecular flexibility index (Phi) is 5.49. The van der Waals surface area contributed by atoms with Crippen molar-refractivity contribution in [2.75, 3.05) is 12.7 Å². The summed E-state index contributed by atoms with van der Waals surface area (Å²) in [6.07, 6.45) is 5.48. The van der Waals surface area contributed by atoms with Crippen LogP contribution in [0.1, 0.15) is 36.6 Å². The molecule has 6 aromatic rings. The van der Waals surface area contributed by atoms with E-state index in [4.69, 9.17) is 4.98 Å². The molecule has 0 amide bonds. The monoisotopic (exact) mass is 542 g/mol. The van der Waals surface area contributed by atoms with Gasteiger partial charge in [-0.25, -0.2) is 9.97 Å². The summed E-state index contributed by atoms with van der Waals surface area (Å²) < 4.78 is 0. The second-order valence-electron chi connectivity index (χ2n) is 12.4. The molecule has 2 aliphatic heterocycles. The molecular formula is C33H34N6Si. The Morgan fingerprint density at radius 1 is 0.750 bits per heavy atom. The van der Waals surface area contributed by atoms with Gasteiger partial charge in [0, 0.05) is 10.9 Å². The lowest BCUT2D eigenvalue weighted by Gasteiger charge is -2.11. The maximum atomic E-state index is 4.97. The second-order valence-corrected chi connectivity index (χ2v) is 17.5.